The van der Waals surface area contributed by atoms with Crippen molar-refractivity contribution >= 4 is 23.2 Å². The average molecular weight is 305 g/mol. The van der Waals surface area contributed by atoms with Crippen molar-refractivity contribution in [2.24, 2.45) is 13.0 Å². The molecule has 0 bridgehead atoms. The lowest BCUT2D eigenvalue weighted by Gasteiger charge is -2.12. The largest absolute Gasteiger partial charge is 0.335 e. The third-order valence-electron chi connectivity index (χ3n) is 3.77. The summed E-state index contributed by atoms with van der Waals surface area (Å²) in [7, 11) is 1.90. The van der Waals surface area contributed by atoms with E-state index in [0.717, 1.165) is 16.4 Å². The first-order valence-corrected chi connectivity index (χ1v) is 7.95. The number of carbonyl (C=O) groups is 1. The van der Waals surface area contributed by atoms with Gasteiger partial charge in [-0.2, -0.15) is 5.10 Å². The number of aryl methyl sites for hydroxylation is 2. The van der Waals surface area contributed by atoms with Crippen LogP contribution in [0.5, 0.6) is 0 Å². The standard InChI is InChI=1S/C14H19N5OS/c1-8-6-11(18-19(8)3)13-16-12(7-21-13)17-14(20)15-9(2)10-4-5-10/h6-7,9-10H,4-5H2,1-3H3,(H2,15,17,20)/t9-/m0/s1. The topological polar surface area (TPSA) is 71.8 Å². The van der Waals surface area contributed by atoms with Crippen molar-refractivity contribution in [2.45, 2.75) is 32.7 Å². The van der Waals surface area contributed by atoms with E-state index in [9.17, 15) is 4.79 Å². The molecule has 0 aromatic carbocycles. The van der Waals surface area contributed by atoms with E-state index in [1.165, 1.54) is 24.2 Å². The van der Waals surface area contributed by atoms with E-state index >= 15 is 0 Å². The fraction of sp³-hybridized carbons (Fsp3) is 0.500. The van der Waals surface area contributed by atoms with Gasteiger partial charge in [0.25, 0.3) is 0 Å². The van der Waals surface area contributed by atoms with E-state index < -0.39 is 0 Å². The SMILES string of the molecule is Cc1cc(-c2nc(NC(=O)N[C@@H](C)C3CC3)cs2)nn1C. The monoisotopic (exact) mass is 305 g/mol. The second kappa shape index (κ2) is 5.48. The van der Waals surface area contributed by atoms with Crippen LogP contribution in [0.4, 0.5) is 10.6 Å². The summed E-state index contributed by atoms with van der Waals surface area (Å²) in [6.45, 7) is 4.04. The van der Waals surface area contributed by atoms with Crippen LogP contribution in [0, 0.1) is 12.8 Å². The second-order valence-corrected chi connectivity index (χ2v) is 6.42. The molecule has 112 valence electrons. The lowest BCUT2D eigenvalue weighted by molar-refractivity contribution is 0.248. The predicted octanol–water partition coefficient (Wildman–Crippen LogP) is 2.77. The number of rotatable bonds is 4. The van der Waals surface area contributed by atoms with Crippen molar-refractivity contribution in [1.82, 2.24) is 20.1 Å². The molecule has 2 aromatic rings. The highest BCUT2D eigenvalue weighted by atomic mass is 32.1. The van der Waals surface area contributed by atoms with Crippen LogP contribution in [-0.4, -0.2) is 26.8 Å². The van der Waals surface area contributed by atoms with Gasteiger partial charge in [-0.1, -0.05) is 0 Å². The molecule has 1 saturated carbocycles. The van der Waals surface area contributed by atoms with E-state index in [4.69, 9.17) is 0 Å². The van der Waals surface area contributed by atoms with Gasteiger partial charge >= 0.3 is 6.03 Å². The Morgan fingerprint density at radius 3 is 2.90 bits per heavy atom. The minimum absolute atomic E-state index is 0.191. The molecule has 1 fully saturated rings. The van der Waals surface area contributed by atoms with Crippen LogP contribution < -0.4 is 10.6 Å². The van der Waals surface area contributed by atoms with Gasteiger partial charge in [-0.05, 0) is 38.7 Å². The number of aromatic nitrogens is 3. The Balaban J connectivity index is 1.63. The zero-order valence-electron chi connectivity index (χ0n) is 12.4. The maximum atomic E-state index is 11.9. The zero-order chi connectivity index (χ0) is 15.0. The lowest BCUT2D eigenvalue weighted by Crippen LogP contribution is -2.37. The van der Waals surface area contributed by atoms with Crippen LogP contribution >= 0.6 is 11.3 Å². The van der Waals surface area contributed by atoms with E-state index in [1.54, 1.807) is 0 Å². The number of thiazole rings is 1. The highest BCUT2D eigenvalue weighted by Gasteiger charge is 2.28. The summed E-state index contributed by atoms with van der Waals surface area (Å²) in [6, 6.07) is 2.02. The molecule has 1 atom stereocenters. The zero-order valence-corrected chi connectivity index (χ0v) is 13.2. The van der Waals surface area contributed by atoms with Gasteiger partial charge in [-0.3, -0.25) is 10.00 Å². The number of nitrogens with zero attached hydrogens (tertiary/aromatic N) is 3. The van der Waals surface area contributed by atoms with Crippen LogP contribution in [-0.2, 0) is 7.05 Å². The second-order valence-electron chi connectivity index (χ2n) is 5.56. The van der Waals surface area contributed by atoms with Crippen molar-refractivity contribution in [3.63, 3.8) is 0 Å². The van der Waals surface area contributed by atoms with Gasteiger partial charge in [-0.25, -0.2) is 9.78 Å². The fourth-order valence-corrected chi connectivity index (χ4v) is 2.89. The summed E-state index contributed by atoms with van der Waals surface area (Å²) in [5.41, 5.74) is 1.91. The Kier molecular flexibility index (Phi) is 3.67. The van der Waals surface area contributed by atoms with Gasteiger partial charge in [0, 0.05) is 24.2 Å². The van der Waals surface area contributed by atoms with E-state index in [2.05, 4.69) is 20.7 Å². The van der Waals surface area contributed by atoms with Crippen LogP contribution in [0.3, 0.4) is 0 Å². The van der Waals surface area contributed by atoms with Gasteiger partial charge in [0.15, 0.2) is 0 Å². The van der Waals surface area contributed by atoms with E-state index in [-0.39, 0.29) is 12.1 Å². The van der Waals surface area contributed by atoms with Crippen molar-refractivity contribution in [3.8, 4) is 10.7 Å². The molecule has 2 amide bonds. The molecule has 0 unspecified atom stereocenters. The molecule has 0 spiro atoms. The van der Waals surface area contributed by atoms with Crippen LogP contribution in [0.15, 0.2) is 11.4 Å². The van der Waals surface area contributed by atoms with Crippen molar-refractivity contribution in [3.05, 3.63) is 17.1 Å². The number of carbonyl (C=O) groups excluding carboxylic acids is 1. The molecule has 1 aliphatic rings. The summed E-state index contributed by atoms with van der Waals surface area (Å²) in [5, 5.41) is 12.8. The number of amides is 2. The molecule has 2 aromatic heterocycles. The Hall–Kier alpha value is -1.89. The Morgan fingerprint density at radius 2 is 2.29 bits per heavy atom. The van der Waals surface area contributed by atoms with E-state index in [1.807, 2.05) is 37.0 Å². The predicted molar refractivity (Wildman–Crippen MR) is 83.4 cm³/mol. The van der Waals surface area contributed by atoms with E-state index in [0.29, 0.717) is 11.7 Å². The Morgan fingerprint density at radius 1 is 1.52 bits per heavy atom. The molecule has 0 saturated heterocycles. The number of urea groups is 1. The first-order chi connectivity index (χ1) is 10.0. The van der Waals surface area contributed by atoms with Crippen molar-refractivity contribution in [1.29, 1.82) is 0 Å². The molecule has 0 radical (unpaired) electrons. The van der Waals surface area contributed by atoms with Crippen LogP contribution in [0.1, 0.15) is 25.5 Å². The molecule has 2 heterocycles. The number of nitrogens with one attached hydrogen (secondary N) is 2. The summed E-state index contributed by atoms with van der Waals surface area (Å²) in [5.74, 6) is 1.21. The first-order valence-electron chi connectivity index (χ1n) is 7.07. The third kappa shape index (κ3) is 3.24. The molecular weight excluding hydrogens is 286 g/mol. The summed E-state index contributed by atoms with van der Waals surface area (Å²) >= 11 is 1.47. The smallest absolute Gasteiger partial charge is 0.320 e. The molecule has 3 rings (SSSR count). The summed E-state index contributed by atoms with van der Waals surface area (Å²) in [6.07, 6.45) is 2.42. The van der Waals surface area contributed by atoms with Gasteiger partial charge < -0.3 is 5.32 Å². The van der Waals surface area contributed by atoms with Gasteiger partial charge in [0.05, 0.1) is 0 Å². The van der Waals surface area contributed by atoms with Crippen molar-refractivity contribution < 1.29 is 4.79 Å². The lowest BCUT2D eigenvalue weighted by atomic mass is 10.2. The maximum absolute atomic E-state index is 11.9. The van der Waals surface area contributed by atoms with Gasteiger partial charge in [0.1, 0.15) is 16.5 Å². The normalized spacial score (nSPS) is 15.8. The van der Waals surface area contributed by atoms with Gasteiger partial charge in [-0.15, -0.1) is 11.3 Å². The fourth-order valence-electron chi connectivity index (χ4n) is 2.19. The molecule has 1 aliphatic carbocycles. The van der Waals surface area contributed by atoms with Crippen LogP contribution in [0.2, 0.25) is 0 Å². The minimum atomic E-state index is -0.191. The molecular formula is C14H19N5OS. The van der Waals surface area contributed by atoms with Crippen LogP contribution in [0.25, 0.3) is 10.7 Å². The molecule has 2 N–H and O–H groups in total. The minimum Gasteiger partial charge on any atom is -0.335 e. The summed E-state index contributed by atoms with van der Waals surface area (Å²) in [4.78, 5) is 16.3. The average Bonchev–Trinajstić information content (AvgIpc) is 3.10. The maximum Gasteiger partial charge on any atom is 0.320 e. The molecule has 7 heteroatoms. The first kappa shape index (κ1) is 14.1. The molecule has 21 heavy (non-hydrogen) atoms. The number of anilines is 1. The third-order valence-corrected chi connectivity index (χ3v) is 4.63. The Bertz CT molecular complexity index is 639. The van der Waals surface area contributed by atoms with Crippen molar-refractivity contribution in [2.75, 3.05) is 5.32 Å². The highest BCUT2D eigenvalue weighted by molar-refractivity contribution is 7.13. The number of hydrogen-bond donors (Lipinski definition) is 2. The quantitative estimate of drug-likeness (QED) is 0.912. The highest BCUT2D eigenvalue weighted by Crippen LogP contribution is 2.32. The Labute approximate surface area is 127 Å². The molecule has 6 nitrogen and oxygen atoms in total. The van der Waals surface area contributed by atoms with Gasteiger partial charge in [0.2, 0.25) is 0 Å². The summed E-state index contributed by atoms with van der Waals surface area (Å²) < 4.78 is 1.81. The number of hydrogen-bond acceptors (Lipinski definition) is 4. The molecule has 0 aliphatic heterocycles.